The van der Waals surface area contributed by atoms with Crippen LogP contribution in [-0.2, 0) is 11.2 Å². The Balaban J connectivity index is 1.65. The Morgan fingerprint density at radius 1 is 0.947 bits per heavy atom. The molecule has 0 radical (unpaired) electrons. The van der Waals surface area contributed by atoms with E-state index in [2.05, 4.69) is 5.32 Å². The van der Waals surface area contributed by atoms with Crippen molar-refractivity contribution in [3.8, 4) is 11.3 Å². The van der Waals surface area contributed by atoms with Gasteiger partial charge in [0.1, 0.15) is 5.82 Å². The first-order valence-corrected chi connectivity index (χ1v) is 12.9. The average Bonchev–Trinajstić information content (AvgIpc) is 2.89. The Kier molecular flexibility index (Phi) is 8.69. The summed E-state index contributed by atoms with van der Waals surface area (Å²) in [5, 5.41) is 12.7. The number of halogens is 2. The lowest BCUT2D eigenvalue weighted by atomic mass is 9.95. The summed E-state index contributed by atoms with van der Waals surface area (Å²) in [5.74, 6) is -1.33. The Hall–Kier alpha value is -3.84. The Labute approximate surface area is 225 Å². The highest BCUT2D eigenvalue weighted by Gasteiger charge is 2.20. The van der Waals surface area contributed by atoms with Crippen LogP contribution in [0.2, 0.25) is 5.02 Å². The van der Waals surface area contributed by atoms with Crippen molar-refractivity contribution in [3.63, 3.8) is 0 Å². The van der Waals surface area contributed by atoms with E-state index in [1.807, 2.05) is 26.0 Å². The fourth-order valence-electron chi connectivity index (χ4n) is 4.34. The molecule has 2 N–H and O–H groups in total. The van der Waals surface area contributed by atoms with Gasteiger partial charge in [0, 0.05) is 22.6 Å². The number of carboxylic acids is 1. The zero-order valence-corrected chi connectivity index (χ0v) is 22.0. The summed E-state index contributed by atoms with van der Waals surface area (Å²) in [6, 6.07) is 18.4. The summed E-state index contributed by atoms with van der Waals surface area (Å²) in [5.41, 5.74) is 4.78. The quantitative estimate of drug-likeness (QED) is 0.214. The monoisotopic (exact) mass is 533 g/mol. The van der Waals surface area contributed by atoms with Crippen molar-refractivity contribution in [2.75, 3.05) is 0 Å². The van der Waals surface area contributed by atoms with E-state index in [4.69, 9.17) is 26.7 Å². The van der Waals surface area contributed by atoms with E-state index in [9.17, 15) is 14.0 Å². The summed E-state index contributed by atoms with van der Waals surface area (Å²) in [7, 11) is 0. The van der Waals surface area contributed by atoms with Crippen LogP contribution < -0.4 is 5.32 Å². The number of aryl methyl sites for hydroxylation is 1. The fourth-order valence-corrected chi connectivity index (χ4v) is 4.47. The zero-order valence-electron chi connectivity index (χ0n) is 21.2. The summed E-state index contributed by atoms with van der Waals surface area (Å²) in [6.45, 7) is 3.99. The summed E-state index contributed by atoms with van der Waals surface area (Å²) in [4.78, 5) is 33.9. The number of aliphatic carboxylic acids is 1. The maximum Gasteiger partial charge on any atom is 0.303 e. The standard InChI is InChI=1S/C30H29ClFN3O3/c1-18(2)28(19-9-14-23(32)15-10-19)35-30(38)21-11-16-24-26(17-21)33-25(5-3-4-6-27(36)37)29(34-24)20-7-12-22(31)13-8-20/h7-18,28H,3-6H2,1-2H3,(H,35,38)(H,36,37)/t28-/m0/s1. The highest BCUT2D eigenvalue weighted by molar-refractivity contribution is 6.30. The van der Waals surface area contributed by atoms with Gasteiger partial charge in [-0.2, -0.15) is 0 Å². The molecule has 8 heteroatoms. The van der Waals surface area contributed by atoms with Crippen molar-refractivity contribution in [2.24, 2.45) is 5.92 Å². The molecule has 6 nitrogen and oxygen atoms in total. The average molecular weight is 534 g/mol. The predicted octanol–water partition coefficient (Wildman–Crippen LogP) is 7.01. The van der Waals surface area contributed by atoms with E-state index in [-0.39, 0.29) is 30.1 Å². The number of hydrogen-bond acceptors (Lipinski definition) is 4. The SMILES string of the molecule is CC(C)[C@H](NC(=O)c1ccc2nc(-c3ccc(Cl)cc3)c(CCCCC(=O)O)nc2c1)c1ccc(F)cc1. The van der Waals surface area contributed by atoms with Crippen LogP contribution in [0.1, 0.15) is 60.8 Å². The molecule has 196 valence electrons. The largest absolute Gasteiger partial charge is 0.481 e. The minimum absolute atomic E-state index is 0.0870. The van der Waals surface area contributed by atoms with Gasteiger partial charge in [-0.15, -0.1) is 0 Å². The maximum atomic E-state index is 13.4. The Morgan fingerprint density at radius 2 is 1.66 bits per heavy atom. The first-order chi connectivity index (χ1) is 18.2. The number of aromatic nitrogens is 2. The molecule has 4 aromatic rings. The first kappa shape index (κ1) is 27.2. The molecule has 0 fully saturated rings. The molecular weight excluding hydrogens is 505 g/mol. The smallest absolute Gasteiger partial charge is 0.303 e. The number of carbonyl (C=O) groups is 2. The van der Waals surface area contributed by atoms with Gasteiger partial charge in [0.2, 0.25) is 0 Å². The van der Waals surface area contributed by atoms with E-state index in [1.165, 1.54) is 12.1 Å². The highest BCUT2D eigenvalue weighted by atomic mass is 35.5. The third-order valence-corrected chi connectivity index (χ3v) is 6.60. The van der Waals surface area contributed by atoms with Crippen LogP contribution in [0.15, 0.2) is 66.7 Å². The molecule has 0 bridgehead atoms. The van der Waals surface area contributed by atoms with Crippen molar-refractivity contribution in [2.45, 2.75) is 45.6 Å². The van der Waals surface area contributed by atoms with Crippen molar-refractivity contribution >= 4 is 34.5 Å². The molecule has 0 saturated carbocycles. The normalized spacial score (nSPS) is 12.0. The molecule has 1 aromatic heterocycles. The van der Waals surface area contributed by atoms with Crippen molar-refractivity contribution in [1.82, 2.24) is 15.3 Å². The number of hydrogen-bond donors (Lipinski definition) is 2. The van der Waals surface area contributed by atoms with E-state index < -0.39 is 5.97 Å². The second kappa shape index (κ2) is 12.1. The van der Waals surface area contributed by atoms with Gasteiger partial charge in [-0.1, -0.05) is 49.7 Å². The lowest BCUT2D eigenvalue weighted by Gasteiger charge is -2.23. The van der Waals surface area contributed by atoms with Gasteiger partial charge in [-0.05, 0) is 73.2 Å². The number of fused-ring (bicyclic) bond motifs is 1. The summed E-state index contributed by atoms with van der Waals surface area (Å²) < 4.78 is 13.4. The first-order valence-electron chi connectivity index (χ1n) is 12.6. The van der Waals surface area contributed by atoms with Crippen LogP contribution in [0.3, 0.4) is 0 Å². The van der Waals surface area contributed by atoms with Gasteiger partial charge in [0.05, 0.1) is 28.5 Å². The summed E-state index contributed by atoms with van der Waals surface area (Å²) >= 11 is 6.07. The molecule has 38 heavy (non-hydrogen) atoms. The molecule has 3 aromatic carbocycles. The number of amides is 1. The third kappa shape index (κ3) is 6.72. The maximum absolute atomic E-state index is 13.4. The van der Waals surface area contributed by atoms with Crippen molar-refractivity contribution in [3.05, 3.63) is 94.4 Å². The number of nitrogens with zero attached hydrogens (tertiary/aromatic N) is 2. The minimum Gasteiger partial charge on any atom is -0.481 e. The molecule has 0 aliphatic heterocycles. The number of unbranched alkanes of at least 4 members (excludes halogenated alkanes) is 1. The second-order valence-corrected chi connectivity index (χ2v) is 10.0. The molecule has 1 heterocycles. The number of nitrogens with one attached hydrogen (secondary N) is 1. The van der Waals surface area contributed by atoms with E-state index >= 15 is 0 Å². The molecular formula is C30H29ClFN3O3. The molecule has 0 aliphatic rings. The number of carboxylic acid groups (broad SMARTS) is 1. The van der Waals surface area contributed by atoms with E-state index in [0.717, 1.165) is 16.8 Å². The van der Waals surface area contributed by atoms with Crippen LogP contribution in [0.25, 0.3) is 22.3 Å². The Morgan fingerprint density at radius 3 is 2.32 bits per heavy atom. The minimum atomic E-state index is -0.830. The van der Waals surface area contributed by atoms with Crippen molar-refractivity contribution in [1.29, 1.82) is 0 Å². The van der Waals surface area contributed by atoms with Gasteiger partial charge < -0.3 is 10.4 Å². The van der Waals surface area contributed by atoms with Gasteiger partial charge >= 0.3 is 5.97 Å². The molecule has 1 atom stereocenters. The van der Waals surface area contributed by atoms with Gasteiger partial charge in [-0.3, -0.25) is 9.59 Å². The summed E-state index contributed by atoms with van der Waals surface area (Å²) in [6.07, 6.45) is 1.80. The second-order valence-electron chi connectivity index (χ2n) is 9.58. The zero-order chi connectivity index (χ0) is 27.2. The van der Waals surface area contributed by atoms with Crippen LogP contribution >= 0.6 is 11.6 Å². The fraction of sp³-hybridized carbons (Fsp3) is 0.267. The van der Waals surface area contributed by atoms with Gasteiger partial charge in [-0.25, -0.2) is 14.4 Å². The van der Waals surface area contributed by atoms with Crippen LogP contribution in [0.5, 0.6) is 0 Å². The number of benzene rings is 3. The molecule has 0 unspecified atom stereocenters. The van der Waals surface area contributed by atoms with Crippen molar-refractivity contribution < 1.29 is 19.1 Å². The molecule has 0 aliphatic carbocycles. The van der Waals surface area contributed by atoms with Crippen LogP contribution in [0, 0.1) is 11.7 Å². The molecule has 0 spiro atoms. The third-order valence-electron chi connectivity index (χ3n) is 6.35. The molecule has 0 saturated heterocycles. The molecule has 4 rings (SSSR count). The van der Waals surface area contributed by atoms with E-state index in [0.29, 0.717) is 46.6 Å². The lowest BCUT2D eigenvalue weighted by molar-refractivity contribution is -0.137. The topological polar surface area (TPSA) is 92.2 Å². The predicted molar refractivity (Wildman–Crippen MR) is 147 cm³/mol. The number of rotatable bonds is 10. The molecule has 1 amide bonds. The van der Waals surface area contributed by atoms with Crippen LogP contribution in [0.4, 0.5) is 4.39 Å². The Bertz CT molecular complexity index is 1440. The van der Waals surface area contributed by atoms with E-state index in [1.54, 1.807) is 42.5 Å². The lowest BCUT2D eigenvalue weighted by Crippen LogP contribution is -2.31. The van der Waals surface area contributed by atoms with Crippen LogP contribution in [-0.4, -0.2) is 27.0 Å². The van der Waals surface area contributed by atoms with Gasteiger partial charge in [0.15, 0.2) is 0 Å². The highest BCUT2D eigenvalue weighted by Crippen LogP contribution is 2.27. The van der Waals surface area contributed by atoms with Gasteiger partial charge in [0.25, 0.3) is 5.91 Å². The number of carbonyl (C=O) groups excluding carboxylic acids is 1.